The molecule has 0 aliphatic rings. The highest BCUT2D eigenvalue weighted by Gasteiger charge is 2.32. The van der Waals surface area contributed by atoms with Gasteiger partial charge in [-0.1, -0.05) is 0 Å². The number of esters is 1. The average Bonchev–Trinajstić information content (AvgIpc) is 2.39. The Bertz CT molecular complexity index is 598. The molecule has 0 saturated carbocycles. The van der Waals surface area contributed by atoms with Crippen LogP contribution < -0.4 is 4.74 Å². The highest BCUT2D eigenvalue weighted by molar-refractivity contribution is 8.00. The van der Waals surface area contributed by atoms with Gasteiger partial charge in [0.05, 0.1) is 30.1 Å². The molecule has 4 nitrogen and oxygen atoms in total. The van der Waals surface area contributed by atoms with Crippen molar-refractivity contribution in [1.82, 2.24) is 0 Å². The van der Waals surface area contributed by atoms with E-state index in [1.54, 1.807) is 6.07 Å². The Balaban J connectivity index is 3.32. The Morgan fingerprint density at radius 2 is 2.05 bits per heavy atom. The fraction of sp³-hybridized carbons (Fsp3) is 0.333. The molecule has 120 valence electrons. The van der Waals surface area contributed by atoms with Crippen molar-refractivity contribution >= 4 is 17.7 Å². The van der Waals surface area contributed by atoms with Crippen LogP contribution in [0, 0.1) is 11.3 Å². The topological polar surface area (TPSA) is 59.3 Å². The van der Waals surface area contributed by atoms with E-state index < -0.39 is 46.9 Å². The van der Waals surface area contributed by atoms with Gasteiger partial charge in [-0.25, -0.2) is 0 Å². The molecule has 0 amide bonds. The predicted octanol–water partition coefficient (Wildman–Crippen LogP) is 3.49. The number of nitrogens with zero attached hydrogens (tertiary/aromatic N) is 1. The van der Waals surface area contributed by atoms with Crippen LogP contribution in [0.15, 0.2) is 17.0 Å². The van der Waals surface area contributed by atoms with Gasteiger partial charge in [-0.15, -0.1) is 0 Å². The monoisotopic (exact) mass is 341 g/mol. The highest BCUT2D eigenvalue weighted by atomic mass is 32.2. The first kappa shape index (κ1) is 18.0. The fourth-order valence-electron chi connectivity index (χ4n) is 1.47. The number of ether oxygens (including phenoxy) is 2. The molecule has 1 aromatic carbocycles. The van der Waals surface area contributed by atoms with Gasteiger partial charge < -0.3 is 9.47 Å². The lowest BCUT2D eigenvalue weighted by Crippen LogP contribution is -2.10. The van der Waals surface area contributed by atoms with E-state index in [1.807, 2.05) is 0 Å². The van der Waals surface area contributed by atoms with E-state index in [-0.39, 0.29) is 11.1 Å². The van der Waals surface area contributed by atoms with Crippen LogP contribution >= 0.6 is 11.8 Å². The van der Waals surface area contributed by atoms with Crippen molar-refractivity contribution in [3.05, 3.63) is 23.3 Å². The van der Waals surface area contributed by atoms with Crippen molar-refractivity contribution in [3.63, 3.8) is 0 Å². The summed E-state index contributed by atoms with van der Waals surface area (Å²) in [5.74, 6) is -1.55. The number of hydrogen-bond acceptors (Lipinski definition) is 5. The van der Waals surface area contributed by atoms with Gasteiger partial charge >= 0.3 is 18.1 Å². The SMILES string of the molecule is COC(=O)Cc1cc(OC(F)F)c(SC(F)(F)F)cc1C#N. The molecule has 0 N–H and O–H groups in total. The zero-order valence-electron chi connectivity index (χ0n) is 10.9. The zero-order chi connectivity index (χ0) is 16.9. The molecule has 0 aliphatic carbocycles. The largest absolute Gasteiger partial charge is 0.469 e. The summed E-state index contributed by atoms with van der Waals surface area (Å²) >= 11 is -0.693. The molecule has 0 saturated heterocycles. The Hall–Kier alpha value is -2.02. The second-order valence-electron chi connectivity index (χ2n) is 3.75. The van der Waals surface area contributed by atoms with Crippen molar-refractivity contribution in [1.29, 1.82) is 5.26 Å². The molecule has 0 aliphatic heterocycles. The molecular formula is C12H8F5NO3S. The molecule has 22 heavy (non-hydrogen) atoms. The summed E-state index contributed by atoms with van der Waals surface area (Å²) in [5, 5.41) is 8.92. The lowest BCUT2D eigenvalue weighted by molar-refractivity contribution is -0.139. The first-order valence-electron chi connectivity index (χ1n) is 5.50. The molecule has 0 aromatic heterocycles. The maximum absolute atomic E-state index is 12.4. The third-order valence-electron chi connectivity index (χ3n) is 2.29. The predicted molar refractivity (Wildman–Crippen MR) is 65.4 cm³/mol. The van der Waals surface area contributed by atoms with E-state index in [0.29, 0.717) is 0 Å². The van der Waals surface area contributed by atoms with Crippen LogP contribution in [-0.2, 0) is 16.0 Å². The normalized spacial score (nSPS) is 11.2. The van der Waals surface area contributed by atoms with Crippen molar-refractivity contribution in [3.8, 4) is 11.8 Å². The standard InChI is InChI=1S/C12H8F5NO3S/c1-20-10(19)4-6-2-8(21-11(13)14)9(3-7(6)5-18)22-12(15,16)17/h2-3,11H,4H2,1H3. The first-order valence-corrected chi connectivity index (χ1v) is 6.32. The minimum atomic E-state index is -4.75. The molecule has 0 spiro atoms. The van der Waals surface area contributed by atoms with Gasteiger partial charge in [-0.3, -0.25) is 4.79 Å². The van der Waals surface area contributed by atoms with Crippen molar-refractivity contribution in [2.45, 2.75) is 23.4 Å². The number of rotatable bonds is 5. The van der Waals surface area contributed by atoms with E-state index >= 15 is 0 Å². The second-order valence-corrected chi connectivity index (χ2v) is 4.85. The molecule has 0 fully saturated rings. The number of halogens is 5. The summed E-state index contributed by atoms with van der Waals surface area (Å²) in [6.07, 6.45) is -0.462. The minimum absolute atomic E-state index is 0.0727. The number of nitriles is 1. The first-order chi connectivity index (χ1) is 10.2. The molecule has 1 aromatic rings. The van der Waals surface area contributed by atoms with Crippen LogP contribution in [0.1, 0.15) is 11.1 Å². The van der Waals surface area contributed by atoms with Crippen molar-refractivity contribution < 1.29 is 36.2 Å². The van der Waals surface area contributed by atoms with Gasteiger partial charge in [-0.2, -0.15) is 27.2 Å². The summed E-state index contributed by atoms with van der Waals surface area (Å²) < 4.78 is 70.3. The summed E-state index contributed by atoms with van der Waals surface area (Å²) in [4.78, 5) is 10.5. The molecule has 0 radical (unpaired) electrons. The molecule has 0 bridgehead atoms. The molecule has 1 rings (SSSR count). The van der Waals surface area contributed by atoms with Crippen molar-refractivity contribution in [2.24, 2.45) is 0 Å². The van der Waals surface area contributed by atoms with E-state index in [9.17, 15) is 26.7 Å². The lowest BCUT2D eigenvalue weighted by Gasteiger charge is -2.14. The summed E-state index contributed by atoms with van der Waals surface area (Å²) in [7, 11) is 1.07. The molecular weight excluding hydrogens is 333 g/mol. The van der Waals surface area contributed by atoms with Crippen LogP contribution in [0.3, 0.4) is 0 Å². The number of benzene rings is 1. The smallest absolute Gasteiger partial charge is 0.446 e. The van der Waals surface area contributed by atoms with Crippen LogP contribution in [0.5, 0.6) is 5.75 Å². The van der Waals surface area contributed by atoms with E-state index in [0.717, 1.165) is 19.2 Å². The molecule has 10 heteroatoms. The number of methoxy groups -OCH3 is 1. The quantitative estimate of drug-likeness (QED) is 0.466. The highest BCUT2D eigenvalue weighted by Crippen LogP contribution is 2.43. The number of carbonyl (C=O) groups excluding carboxylic acids is 1. The van der Waals surface area contributed by atoms with Gasteiger partial charge in [0.1, 0.15) is 5.75 Å². The van der Waals surface area contributed by atoms with Gasteiger partial charge in [0.25, 0.3) is 0 Å². The molecule has 0 heterocycles. The van der Waals surface area contributed by atoms with Crippen molar-refractivity contribution in [2.75, 3.05) is 7.11 Å². The van der Waals surface area contributed by atoms with Gasteiger partial charge in [0.2, 0.25) is 0 Å². The van der Waals surface area contributed by atoms with Crippen LogP contribution in [0.4, 0.5) is 22.0 Å². The fourth-order valence-corrected chi connectivity index (χ4v) is 2.11. The summed E-state index contributed by atoms with van der Waals surface area (Å²) in [5.41, 5.74) is -5.09. The third kappa shape index (κ3) is 5.40. The number of hydrogen-bond donors (Lipinski definition) is 0. The van der Waals surface area contributed by atoms with E-state index in [2.05, 4.69) is 9.47 Å². The number of thioether (sulfide) groups is 1. The number of carbonyl (C=O) groups is 1. The van der Waals surface area contributed by atoms with Crippen LogP contribution in [0.2, 0.25) is 0 Å². The lowest BCUT2D eigenvalue weighted by atomic mass is 10.1. The Labute approximate surface area is 125 Å². The van der Waals surface area contributed by atoms with Gasteiger partial charge in [0, 0.05) is 0 Å². The van der Waals surface area contributed by atoms with E-state index in [4.69, 9.17) is 5.26 Å². The minimum Gasteiger partial charge on any atom is -0.469 e. The maximum Gasteiger partial charge on any atom is 0.446 e. The third-order valence-corrected chi connectivity index (χ3v) is 3.06. The van der Waals surface area contributed by atoms with Gasteiger partial charge in [-0.05, 0) is 29.5 Å². The molecule has 0 atom stereocenters. The summed E-state index contributed by atoms with van der Waals surface area (Å²) in [6, 6.07) is 3.15. The van der Waals surface area contributed by atoms with E-state index in [1.165, 1.54) is 0 Å². The Morgan fingerprint density at radius 1 is 1.41 bits per heavy atom. The maximum atomic E-state index is 12.4. The number of alkyl halides is 5. The molecule has 0 unspecified atom stereocenters. The average molecular weight is 341 g/mol. The van der Waals surface area contributed by atoms with Crippen LogP contribution in [0.25, 0.3) is 0 Å². The zero-order valence-corrected chi connectivity index (χ0v) is 11.7. The Morgan fingerprint density at radius 3 is 2.50 bits per heavy atom. The Kier molecular flexibility index (Phi) is 5.99. The van der Waals surface area contributed by atoms with Crippen LogP contribution in [-0.4, -0.2) is 25.2 Å². The summed E-state index contributed by atoms with van der Waals surface area (Å²) in [6.45, 7) is -3.36. The second kappa shape index (κ2) is 7.31. The van der Waals surface area contributed by atoms with Gasteiger partial charge in [0.15, 0.2) is 0 Å².